The molecule has 0 aliphatic heterocycles. The van der Waals surface area contributed by atoms with Crippen molar-refractivity contribution in [1.29, 1.82) is 0 Å². The molecule has 0 N–H and O–H groups in total. The van der Waals surface area contributed by atoms with Crippen molar-refractivity contribution in [2.45, 2.75) is 12.3 Å². The van der Waals surface area contributed by atoms with E-state index >= 15 is 0 Å². The molecule has 1 aromatic heterocycles. The molecule has 0 bridgehead atoms. The van der Waals surface area contributed by atoms with E-state index in [0.29, 0.717) is 0 Å². The minimum absolute atomic E-state index is 0.107. The second-order valence-electron chi connectivity index (χ2n) is 3.60. The number of benzene rings is 1. The largest absolute Gasteiger partial charge is 0.207 e. The Morgan fingerprint density at radius 3 is 2.47 bits per heavy atom. The van der Waals surface area contributed by atoms with Crippen LogP contribution in [-0.4, -0.2) is 0 Å². The number of aryl methyl sites for hydroxylation is 1. The SMILES string of the molecule is Cc1ccc(C(Cl)c2cc(F)c(Cl)cc2F)s1. The number of thiophene rings is 1. The van der Waals surface area contributed by atoms with Gasteiger partial charge in [0.15, 0.2) is 0 Å². The van der Waals surface area contributed by atoms with Gasteiger partial charge in [-0.15, -0.1) is 22.9 Å². The van der Waals surface area contributed by atoms with Gasteiger partial charge < -0.3 is 0 Å². The summed E-state index contributed by atoms with van der Waals surface area (Å²) in [7, 11) is 0. The summed E-state index contributed by atoms with van der Waals surface area (Å²) in [5.41, 5.74) is 0.107. The summed E-state index contributed by atoms with van der Waals surface area (Å²) < 4.78 is 26.9. The van der Waals surface area contributed by atoms with Gasteiger partial charge in [-0.25, -0.2) is 8.78 Å². The fourth-order valence-electron chi connectivity index (χ4n) is 1.48. The van der Waals surface area contributed by atoms with Crippen LogP contribution in [0.25, 0.3) is 0 Å². The fraction of sp³-hybridized carbons (Fsp3) is 0.167. The average molecular weight is 293 g/mol. The lowest BCUT2D eigenvalue weighted by molar-refractivity contribution is 0.588. The second kappa shape index (κ2) is 4.92. The predicted molar refractivity (Wildman–Crippen MR) is 68.1 cm³/mol. The van der Waals surface area contributed by atoms with Crippen LogP contribution in [0.4, 0.5) is 8.78 Å². The zero-order valence-electron chi connectivity index (χ0n) is 8.81. The molecule has 1 heterocycles. The van der Waals surface area contributed by atoms with E-state index in [2.05, 4.69) is 0 Å². The Kier molecular flexibility index (Phi) is 3.71. The van der Waals surface area contributed by atoms with E-state index in [1.165, 1.54) is 11.3 Å². The highest BCUT2D eigenvalue weighted by Crippen LogP contribution is 2.36. The maximum absolute atomic E-state index is 13.6. The van der Waals surface area contributed by atoms with E-state index < -0.39 is 17.0 Å². The molecule has 0 aliphatic rings. The van der Waals surface area contributed by atoms with E-state index in [1.54, 1.807) is 0 Å². The van der Waals surface area contributed by atoms with Crippen LogP contribution in [0, 0.1) is 18.6 Å². The molecule has 0 aliphatic carbocycles. The van der Waals surface area contributed by atoms with Gasteiger partial charge in [0.05, 0.1) is 10.4 Å². The fourth-order valence-corrected chi connectivity index (χ4v) is 2.87. The lowest BCUT2D eigenvalue weighted by Crippen LogP contribution is -1.96. The molecule has 2 rings (SSSR count). The van der Waals surface area contributed by atoms with E-state index in [0.717, 1.165) is 21.9 Å². The minimum atomic E-state index is -0.694. The van der Waals surface area contributed by atoms with Crippen molar-refractivity contribution in [2.75, 3.05) is 0 Å². The summed E-state index contributed by atoms with van der Waals surface area (Å²) >= 11 is 13.1. The molecular formula is C12H8Cl2F2S. The molecule has 17 heavy (non-hydrogen) atoms. The minimum Gasteiger partial charge on any atom is -0.207 e. The summed E-state index contributed by atoms with van der Waals surface area (Å²) in [4.78, 5) is 1.85. The molecule has 0 radical (unpaired) electrons. The number of hydrogen-bond acceptors (Lipinski definition) is 1. The van der Waals surface area contributed by atoms with Gasteiger partial charge in [0, 0.05) is 15.3 Å². The van der Waals surface area contributed by atoms with Crippen LogP contribution >= 0.6 is 34.5 Å². The molecule has 0 saturated heterocycles. The number of alkyl halides is 1. The van der Waals surface area contributed by atoms with Gasteiger partial charge >= 0.3 is 0 Å². The zero-order chi connectivity index (χ0) is 12.6. The van der Waals surface area contributed by atoms with Crippen LogP contribution in [0.15, 0.2) is 24.3 Å². The third-order valence-corrected chi connectivity index (χ3v) is 4.28. The Hall–Kier alpha value is -0.640. The molecular weight excluding hydrogens is 285 g/mol. The zero-order valence-corrected chi connectivity index (χ0v) is 11.1. The summed E-state index contributed by atoms with van der Waals surface area (Å²) in [6.45, 7) is 1.93. The topological polar surface area (TPSA) is 0 Å². The third-order valence-electron chi connectivity index (χ3n) is 2.32. The number of hydrogen-bond donors (Lipinski definition) is 0. The van der Waals surface area contributed by atoms with Crippen molar-refractivity contribution in [1.82, 2.24) is 0 Å². The first-order valence-electron chi connectivity index (χ1n) is 4.84. The molecule has 1 aromatic carbocycles. The maximum Gasteiger partial charge on any atom is 0.142 e. The van der Waals surface area contributed by atoms with Crippen molar-refractivity contribution in [3.8, 4) is 0 Å². The van der Waals surface area contributed by atoms with Crippen molar-refractivity contribution in [3.63, 3.8) is 0 Å². The van der Waals surface area contributed by atoms with Crippen molar-refractivity contribution < 1.29 is 8.78 Å². The van der Waals surface area contributed by atoms with Crippen LogP contribution < -0.4 is 0 Å². The van der Waals surface area contributed by atoms with Gasteiger partial charge in [-0.2, -0.15) is 0 Å². The third kappa shape index (κ3) is 2.62. The highest BCUT2D eigenvalue weighted by molar-refractivity contribution is 7.12. The van der Waals surface area contributed by atoms with Gasteiger partial charge in [0.1, 0.15) is 11.6 Å². The van der Waals surface area contributed by atoms with E-state index in [1.807, 2.05) is 19.1 Å². The summed E-state index contributed by atoms with van der Waals surface area (Å²) in [6.07, 6.45) is 0. The molecule has 1 unspecified atom stereocenters. The Morgan fingerprint density at radius 1 is 1.18 bits per heavy atom. The average Bonchev–Trinajstić information content (AvgIpc) is 2.69. The Morgan fingerprint density at radius 2 is 1.88 bits per heavy atom. The van der Waals surface area contributed by atoms with Crippen LogP contribution in [0.5, 0.6) is 0 Å². The molecule has 0 spiro atoms. The van der Waals surface area contributed by atoms with E-state index in [-0.39, 0.29) is 10.6 Å². The normalized spacial score (nSPS) is 12.8. The first-order chi connectivity index (χ1) is 7.99. The highest BCUT2D eigenvalue weighted by atomic mass is 35.5. The molecule has 5 heteroatoms. The quantitative estimate of drug-likeness (QED) is 0.519. The lowest BCUT2D eigenvalue weighted by atomic mass is 10.1. The highest BCUT2D eigenvalue weighted by Gasteiger charge is 2.19. The molecule has 0 nitrogen and oxygen atoms in total. The molecule has 0 fully saturated rings. The number of halogens is 4. The first-order valence-corrected chi connectivity index (χ1v) is 6.47. The van der Waals surface area contributed by atoms with Crippen LogP contribution in [0.3, 0.4) is 0 Å². The standard InChI is InChI=1S/C12H8Cl2F2S/c1-6-2-3-11(17-6)12(14)7-4-10(16)8(13)5-9(7)15/h2-5,12H,1H3. The summed E-state index contributed by atoms with van der Waals surface area (Å²) in [6, 6.07) is 5.69. The van der Waals surface area contributed by atoms with Gasteiger partial charge in [-0.3, -0.25) is 0 Å². The molecule has 0 saturated carbocycles. The van der Waals surface area contributed by atoms with Crippen LogP contribution in [0.2, 0.25) is 5.02 Å². The van der Waals surface area contributed by atoms with Crippen LogP contribution in [-0.2, 0) is 0 Å². The molecule has 90 valence electrons. The van der Waals surface area contributed by atoms with E-state index in [9.17, 15) is 8.78 Å². The van der Waals surface area contributed by atoms with Crippen molar-refractivity contribution in [3.05, 3.63) is 56.2 Å². The van der Waals surface area contributed by atoms with Crippen molar-refractivity contribution in [2.24, 2.45) is 0 Å². The summed E-state index contributed by atoms with van der Waals surface area (Å²) in [5.74, 6) is -1.26. The predicted octanol–water partition coefficient (Wildman–Crippen LogP) is 5.32. The second-order valence-corrected chi connectivity index (χ2v) is 5.76. The summed E-state index contributed by atoms with van der Waals surface area (Å²) in [5, 5.41) is -0.932. The maximum atomic E-state index is 13.6. The van der Waals surface area contributed by atoms with Crippen molar-refractivity contribution >= 4 is 34.5 Å². The van der Waals surface area contributed by atoms with Gasteiger partial charge in [-0.1, -0.05) is 11.6 Å². The van der Waals surface area contributed by atoms with Gasteiger partial charge in [-0.05, 0) is 31.2 Å². The lowest BCUT2D eigenvalue weighted by Gasteiger charge is -2.09. The van der Waals surface area contributed by atoms with Crippen LogP contribution in [0.1, 0.15) is 20.7 Å². The molecule has 0 amide bonds. The monoisotopic (exact) mass is 292 g/mol. The van der Waals surface area contributed by atoms with E-state index in [4.69, 9.17) is 23.2 Å². The smallest absolute Gasteiger partial charge is 0.142 e. The van der Waals surface area contributed by atoms with Gasteiger partial charge in [0.2, 0.25) is 0 Å². The molecule has 1 atom stereocenters. The van der Waals surface area contributed by atoms with Gasteiger partial charge in [0.25, 0.3) is 0 Å². The Bertz CT molecular complexity index is 551. The molecule has 2 aromatic rings. The number of rotatable bonds is 2. The Labute approximate surface area is 112 Å². The Balaban J connectivity index is 2.43. The first kappa shape index (κ1) is 12.8.